The molecule has 0 saturated heterocycles. The Labute approximate surface area is 110 Å². The fourth-order valence-electron chi connectivity index (χ4n) is 2.15. The van der Waals surface area contributed by atoms with Crippen molar-refractivity contribution < 1.29 is 4.74 Å². The van der Waals surface area contributed by atoms with E-state index in [2.05, 4.69) is 24.0 Å². The number of aryl methyl sites for hydroxylation is 2. The summed E-state index contributed by atoms with van der Waals surface area (Å²) in [6, 6.07) is 0.197. The average Bonchev–Trinajstić information content (AvgIpc) is 2.61. The maximum atomic E-state index is 6.07. The van der Waals surface area contributed by atoms with Crippen LogP contribution in [-0.2, 0) is 18.2 Å². The van der Waals surface area contributed by atoms with Crippen molar-refractivity contribution in [3.8, 4) is 0 Å². The van der Waals surface area contributed by atoms with Gasteiger partial charge in [0.05, 0.1) is 12.3 Å². The van der Waals surface area contributed by atoms with E-state index in [9.17, 15) is 0 Å². The average molecular weight is 254 g/mol. The van der Waals surface area contributed by atoms with E-state index in [0.717, 1.165) is 30.9 Å². The standard InChI is InChI=1S/C13H26N4O/c1-6-11(14)9-12-10(2)15-17(4)13(12)16(3)7-8-18-5/h11H,6-9,14H2,1-5H3. The fraction of sp³-hybridized carbons (Fsp3) is 0.769. The fourth-order valence-corrected chi connectivity index (χ4v) is 2.15. The predicted octanol–water partition coefficient (Wildman–Crippen LogP) is 1.09. The van der Waals surface area contributed by atoms with Gasteiger partial charge in [-0.15, -0.1) is 0 Å². The number of aromatic nitrogens is 2. The van der Waals surface area contributed by atoms with Crippen molar-refractivity contribution in [1.29, 1.82) is 0 Å². The van der Waals surface area contributed by atoms with Crippen LogP contribution in [0.25, 0.3) is 0 Å². The van der Waals surface area contributed by atoms with Crippen molar-refractivity contribution in [2.75, 3.05) is 32.2 Å². The summed E-state index contributed by atoms with van der Waals surface area (Å²) in [5.74, 6) is 1.15. The molecule has 0 spiro atoms. The molecule has 1 atom stereocenters. The minimum atomic E-state index is 0.197. The van der Waals surface area contributed by atoms with Crippen LogP contribution in [-0.4, -0.2) is 43.1 Å². The van der Waals surface area contributed by atoms with Gasteiger partial charge in [-0.1, -0.05) is 6.92 Å². The highest BCUT2D eigenvalue weighted by atomic mass is 16.5. The number of nitrogens with two attached hydrogens (primary N) is 1. The number of hydrogen-bond donors (Lipinski definition) is 1. The van der Waals surface area contributed by atoms with Crippen LogP contribution in [0.1, 0.15) is 24.6 Å². The lowest BCUT2D eigenvalue weighted by Gasteiger charge is -2.21. The highest BCUT2D eigenvalue weighted by Crippen LogP contribution is 2.23. The third kappa shape index (κ3) is 3.46. The maximum Gasteiger partial charge on any atom is 0.129 e. The van der Waals surface area contributed by atoms with E-state index in [4.69, 9.17) is 10.5 Å². The van der Waals surface area contributed by atoms with Crippen molar-refractivity contribution in [2.24, 2.45) is 12.8 Å². The van der Waals surface area contributed by atoms with Crippen LogP contribution in [0.4, 0.5) is 5.82 Å². The van der Waals surface area contributed by atoms with Gasteiger partial charge < -0.3 is 15.4 Å². The zero-order valence-corrected chi connectivity index (χ0v) is 12.2. The van der Waals surface area contributed by atoms with Gasteiger partial charge in [0.25, 0.3) is 0 Å². The molecule has 0 saturated carbocycles. The molecule has 104 valence electrons. The summed E-state index contributed by atoms with van der Waals surface area (Å²) in [6.07, 6.45) is 1.86. The molecule has 0 aliphatic heterocycles. The zero-order valence-electron chi connectivity index (χ0n) is 12.2. The van der Waals surface area contributed by atoms with Gasteiger partial charge in [0, 0.05) is 39.4 Å². The Morgan fingerprint density at radius 1 is 1.50 bits per heavy atom. The summed E-state index contributed by atoms with van der Waals surface area (Å²) >= 11 is 0. The van der Waals surface area contributed by atoms with Crippen molar-refractivity contribution in [3.05, 3.63) is 11.3 Å². The van der Waals surface area contributed by atoms with Crippen LogP contribution in [0.5, 0.6) is 0 Å². The van der Waals surface area contributed by atoms with Gasteiger partial charge in [0.1, 0.15) is 5.82 Å². The molecule has 0 fully saturated rings. The Morgan fingerprint density at radius 3 is 2.72 bits per heavy atom. The molecule has 1 aromatic heterocycles. The van der Waals surface area contributed by atoms with E-state index in [0.29, 0.717) is 6.61 Å². The van der Waals surface area contributed by atoms with E-state index in [1.54, 1.807) is 7.11 Å². The van der Waals surface area contributed by atoms with E-state index < -0.39 is 0 Å². The second kappa shape index (κ2) is 6.75. The van der Waals surface area contributed by atoms with Crippen molar-refractivity contribution >= 4 is 5.82 Å². The summed E-state index contributed by atoms with van der Waals surface area (Å²) in [5.41, 5.74) is 8.40. The molecule has 5 nitrogen and oxygen atoms in total. The number of nitrogens with zero attached hydrogens (tertiary/aromatic N) is 3. The van der Waals surface area contributed by atoms with E-state index in [-0.39, 0.29) is 6.04 Å². The lowest BCUT2D eigenvalue weighted by Crippen LogP contribution is -2.27. The minimum Gasteiger partial charge on any atom is -0.383 e. The Balaban J connectivity index is 2.94. The minimum absolute atomic E-state index is 0.197. The first kappa shape index (κ1) is 15.0. The molecule has 0 aliphatic rings. The Morgan fingerprint density at radius 2 is 2.17 bits per heavy atom. The van der Waals surface area contributed by atoms with Gasteiger partial charge in [-0.05, 0) is 19.8 Å². The summed E-state index contributed by atoms with van der Waals surface area (Å²) in [7, 11) is 5.76. The van der Waals surface area contributed by atoms with Crippen LogP contribution in [0.3, 0.4) is 0 Å². The van der Waals surface area contributed by atoms with E-state index in [1.807, 2.05) is 18.7 Å². The molecule has 0 radical (unpaired) electrons. The molecule has 1 rings (SSSR count). The van der Waals surface area contributed by atoms with Gasteiger partial charge >= 0.3 is 0 Å². The van der Waals surface area contributed by atoms with E-state index in [1.165, 1.54) is 5.56 Å². The quantitative estimate of drug-likeness (QED) is 0.791. The van der Waals surface area contributed by atoms with Gasteiger partial charge in [-0.3, -0.25) is 4.68 Å². The third-order valence-corrected chi connectivity index (χ3v) is 3.30. The number of rotatable bonds is 7. The number of hydrogen-bond acceptors (Lipinski definition) is 4. The molecule has 18 heavy (non-hydrogen) atoms. The lowest BCUT2D eigenvalue weighted by atomic mass is 10.0. The molecule has 1 aromatic rings. The molecule has 5 heteroatoms. The lowest BCUT2D eigenvalue weighted by molar-refractivity contribution is 0.206. The van der Waals surface area contributed by atoms with Gasteiger partial charge in [-0.25, -0.2) is 0 Å². The molecular weight excluding hydrogens is 228 g/mol. The first-order valence-electron chi connectivity index (χ1n) is 6.49. The molecular formula is C13H26N4O. The monoisotopic (exact) mass is 254 g/mol. The highest BCUT2D eigenvalue weighted by Gasteiger charge is 2.18. The molecule has 2 N–H and O–H groups in total. The maximum absolute atomic E-state index is 6.07. The Kier molecular flexibility index (Phi) is 5.62. The molecule has 1 unspecified atom stereocenters. The van der Waals surface area contributed by atoms with Crippen molar-refractivity contribution in [2.45, 2.75) is 32.7 Å². The van der Waals surface area contributed by atoms with Gasteiger partial charge in [0.2, 0.25) is 0 Å². The Bertz CT molecular complexity index is 375. The van der Waals surface area contributed by atoms with E-state index >= 15 is 0 Å². The number of methoxy groups -OCH3 is 1. The van der Waals surface area contributed by atoms with Gasteiger partial charge in [-0.2, -0.15) is 5.10 Å². The van der Waals surface area contributed by atoms with Crippen molar-refractivity contribution in [1.82, 2.24) is 9.78 Å². The second-order valence-corrected chi connectivity index (χ2v) is 4.80. The number of likely N-dealkylation sites (N-methyl/N-ethyl adjacent to an activating group) is 1. The largest absolute Gasteiger partial charge is 0.383 e. The molecule has 0 aromatic carbocycles. The van der Waals surface area contributed by atoms with Crippen LogP contribution in [0.15, 0.2) is 0 Å². The summed E-state index contributed by atoms with van der Waals surface area (Å²) in [4.78, 5) is 2.18. The van der Waals surface area contributed by atoms with Crippen molar-refractivity contribution in [3.63, 3.8) is 0 Å². The first-order valence-corrected chi connectivity index (χ1v) is 6.49. The van der Waals surface area contributed by atoms with Crippen LogP contribution in [0.2, 0.25) is 0 Å². The number of ether oxygens (including phenoxy) is 1. The molecule has 1 heterocycles. The summed E-state index contributed by atoms with van der Waals surface area (Å²) in [6.45, 7) is 5.72. The molecule has 0 amide bonds. The van der Waals surface area contributed by atoms with Crippen LogP contribution in [0, 0.1) is 6.92 Å². The second-order valence-electron chi connectivity index (χ2n) is 4.80. The summed E-state index contributed by atoms with van der Waals surface area (Å²) < 4.78 is 7.06. The molecule has 0 aliphatic carbocycles. The predicted molar refractivity (Wildman–Crippen MR) is 75.1 cm³/mol. The highest BCUT2D eigenvalue weighted by molar-refractivity contribution is 5.50. The SMILES string of the molecule is CCC(N)Cc1c(C)nn(C)c1N(C)CCOC. The smallest absolute Gasteiger partial charge is 0.129 e. The topological polar surface area (TPSA) is 56.3 Å². The third-order valence-electron chi connectivity index (χ3n) is 3.30. The van der Waals surface area contributed by atoms with Gasteiger partial charge in [0.15, 0.2) is 0 Å². The molecule has 0 bridgehead atoms. The summed E-state index contributed by atoms with van der Waals surface area (Å²) in [5, 5.41) is 4.51. The zero-order chi connectivity index (χ0) is 13.7. The Hall–Kier alpha value is -1.07. The first-order chi connectivity index (χ1) is 8.51. The van der Waals surface area contributed by atoms with Crippen LogP contribution >= 0.6 is 0 Å². The van der Waals surface area contributed by atoms with Crippen LogP contribution < -0.4 is 10.6 Å². The number of anilines is 1. The normalized spacial score (nSPS) is 12.8.